The van der Waals surface area contributed by atoms with Gasteiger partial charge in [0.1, 0.15) is 0 Å². The van der Waals surface area contributed by atoms with Gasteiger partial charge in [0.15, 0.2) is 0 Å². The number of benzene rings is 1. The first-order chi connectivity index (χ1) is 7.20. The first-order valence-electron chi connectivity index (χ1n) is 5.13. The summed E-state index contributed by atoms with van der Waals surface area (Å²) in [7, 11) is 0. The molecule has 84 valence electrons. The molecule has 2 nitrogen and oxygen atoms in total. The van der Waals surface area contributed by atoms with Gasteiger partial charge < -0.3 is 5.73 Å². The van der Waals surface area contributed by atoms with Gasteiger partial charge in [0.25, 0.3) is 0 Å². The molecule has 0 aliphatic carbocycles. The number of hydrogen-bond acceptors (Lipinski definition) is 2. The molecule has 1 aromatic carbocycles. The molecule has 1 rings (SSSR count). The lowest BCUT2D eigenvalue weighted by molar-refractivity contribution is -0.111. The van der Waals surface area contributed by atoms with Crippen LogP contribution in [0.2, 0.25) is 0 Å². The van der Waals surface area contributed by atoms with Crippen LogP contribution in [0.25, 0.3) is 0 Å². The van der Waals surface area contributed by atoms with Gasteiger partial charge in [-0.25, -0.2) is 0 Å². The Morgan fingerprint density at radius 1 is 1.33 bits per heavy atom. The molecule has 0 fully saturated rings. The summed E-state index contributed by atoms with van der Waals surface area (Å²) in [6.45, 7) is 2.98. The molecular weight excluding hydrogens is 210 g/mol. The van der Waals surface area contributed by atoms with Crippen molar-refractivity contribution in [3.63, 3.8) is 0 Å². The number of unbranched alkanes of at least 4 members (excludes halogenated alkanes) is 1. The largest absolute Gasteiger partial charge is 0.330 e. The molecule has 3 heteroatoms. The fourth-order valence-corrected chi connectivity index (χ4v) is 1.11. The molecule has 0 atom stereocenters. The number of halogens is 1. The normalized spacial score (nSPS) is 9.00. The quantitative estimate of drug-likeness (QED) is 0.804. The Hall–Kier alpha value is -0.860. The fourth-order valence-electron chi connectivity index (χ4n) is 0.960. The maximum absolute atomic E-state index is 10.4. The van der Waals surface area contributed by atoms with Crippen molar-refractivity contribution in [1.29, 1.82) is 0 Å². The molecule has 0 aliphatic rings. The number of carbonyl (C=O) groups excluding carboxylic acids is 1. The highest BCUT2D eigenvalue weighted by Gasteiger charge is 1.95. The molecule has 0 saturated heterocycles. The highest BCUT2D eigenvalue weighted by atomic mass is 35.5. The Balaban J connectivity index is 0.000000336. The summed E-state index contributed by atoms with van der Waals surface area (Å²) in [5.41, 5.74) is 6.10. The van der Waals surface area contributed by atoms with Crippen LogP contribution in [0.5, 0.6) is 0 Å². The van der Waals surface area contributed by atoms with Gasteiger partial charge in [-0.15, -0.1) is 0 Å². The second-order valence-electron chi connectivity index (χ2n) is 3.16. The molecule has 2 N–H and O–H groups in total. The summed E-state index contributed by atoms with van der Waals surface area (Å²) in [5.74, 6) is 0. The van der Waals surface area contributed by atoms with Crippen LogP contribution in [0.4, 0.5) is 0 Å². The van der Waals surface area contributed by atoms with Crippen LogP contribution < -0.4 is 5.73 Å². The van der Waals surface area contributed by atoms with Crippen molar-refractivity contribution >= 4 is 16.8 Å². The van der Waals surface area contributed by atoms with E-state index in [-0.39, 0.29) is 5.24 Å². The molecule has 0 unspecified atom stereocenters. The maximum Gasteiger partial charge on any atom is 0.226 e. The Bertz CT molecular complexity index is 260. The van der Waals surface area contributed by atoms with Crippen molar-refractivity contribution in [3.05, 3.63) is 35.9 Å². The van der Waals surface area contributed by atoms with Gasteiger partial charge in [0, 0.05) is 6.42 Å². The molecule has 1 aromatic rings. The van der Waals surface area contributed by atoms with E-state index in [9.17, 15) is 4.79 Å². The number of nitrogens with two attached hydrogens (primary N) is 1. The van der Waals surface area contributed by atoms with E-state index in [1.165, 1.54) is 12.8 Å². The predicted molar refractivity (Wildman–Crippen MR) is 65.0 cm³/mol. The van der Waals surface area contributed by atoms with Gasteiger partial charge in [-0.05, 0) is 30.1 Å². The van der Waals surface area contributed by atoms with Crippen LogP contribution in [-0.2, 0) is 11.2 Å². The Morgan fingerprint density at radius 3 is 2.27 bits per heavy atom. The number of rotatable bonds is 4. The smallest absolute Gasteiger partial charge is 0.226 e. The number of carbonyl (C=O) groups is 1. The monoisotopic (exact) mass is 227 g/mol. The van der Waals surface area contributed by atoms with Gasteiger partial charge >= 0.3 is 0 Å². The SMILES string of the molecule is CCCCN.O=C(Cl)Cc1ccccc1. The highest BCUT2D eigenvalue weighted by Crippen LogP contribution is 2.00. The fraction of sp³-hybridized carbons (Fsp3) is 0.417. The number of hydrogen-bond donors (Lipinski definition) is 1. The van der Waals surface area contributed by atoms with Crippen LogP contribution in [0.15, 0.2) is 30.3 Å². The summed E-state index contributed by atoms with van der Waals surface area (Å²) in [5, 5.41) is -0.314. The zero-order valence-electron chi connectivity index (χ0n) is 9.08. The van der Waals surface area contributed by atoms with Crippen LogP contribution in [0, 0.1) is 0 Å². The summed E-state index contributed by atoms with van der Waals surface area (Å²) >= 11 is 5.17. The highest BCUT2D eigenvalue weighted by molar-refractivity contribution is 6.63. The third kappa shape index (κ3) is 9.44. The Labute approximate surface area is 96.4 Å². The standard InChI is InChI=1S/C8H7ClO.C4H11N/c9-8(10)6-7-4-2-1-3-5-7;1-2-3-4-5/h1-5H,6H2;2-5H2,1H3. The molecule has 15 heavy (non-hydrogen) atoms. The minimum Gasteiger partial charge on any atom is -0.330 e. The van der Waals surface area contributed by atoms with Crippen LogP contribution >= 0.6 is 11.6 Å². The second-order valence-corrected chi connectivity index (χ2v) is 3.58. The van der Waals surface area contributed by atoms with E-state index in [2.05, 4.69) is 6.92 Å². The molecular formula is C12H18ClNO. The van der Waals surface area contributed by atoms with Crippen LogP contribution in [0.3, 0.4) is 0 Å². The van der Waals surface area contributed by atoms with Crippen LogP contribution in [0.1, 0.15) is 25.3 Å². The molecule has 0 saturated carbocycles. The summed E-state index contributed by atoms with van der Waals surface area (Å²) in [6.07, 6.45) is 2.71. The molecule has 0 aromatic heterocycles. The molecule has 0 aliphatic heterocycles. The summed E-state index contributed by atoms with van der Waals surface area (Å²) in [4.78, 5) is 10.4. The third-order valence-electron chi connectivity index (χ3n) is 1.74. The lowest BCUT2D eigenvalue weighted by Gasteiger charge is -1.92. The van der Waals surface area contributed by atoms with Crippen molar-refractivity contribution in [2.75, 3.05) is 6.54 Å². The second kappa shape index (κ2) is 9.69. The Kier molecular flexibility index (Phi) is 9.13. The lowest BCUT2D eigenvalue weighted by Crippen LogP contribution is -1.95. The third-order valence-corrected chi connectivity index (χ3v) is 1.88. The molecule has 0 amide bonds. The summed E-state index contributed by atoms with van der Waals surface area (Å²) < 4.78 is 0. The minimum atomic E-state index is -0.314. The topological polar surface area (TPSA) is 43.1 Å². The van der Waals surface area contributed by atoms with Gasteiger partial charge in [0.2, 0.25) is 5.24 Å². The van der Waals surface area contributed by atoms with Crippen molar-refractivity contribution in [1.82, 2.24) is 0 Å². The average molecular weight is 228 g/mol. The van der Waals surface area contributed by atoms with E-state index < -0.39 is 0 Å². The van der Waals surface area contributed by atoms with E-state index in [4.69, 9.17) is 17.3 Å². The van der Waals surface area contributed by atoms with Crippen molar-refractivity contribution in [3.8, 4) is 0 Å². The average Bonchev–Trinajstić information content (AvgIpc) is 2.20. The van der Waals surface area contributed by atoms with Gasteiger partial charge in [-0.2, -0.15) is 0 Å². The Morgan fingerprint density at radius 2 is 1.93 bits per heavy atom. The maximum atomic E-state index is 10.4. The summed E-state index contributed by atoms with van der Waals surface area (Å²) in [6, 6.07) is 9.42. The molecule has 0 spiro atoms. The predicted octanol–water partition coefficient (Wildman–Crippen LogP) is 2.74. The van der Waals surface area contributed by atoms with Crippen LogP contribution in [-0.4, -0.2) is 11.8 Å². The molecule has 0 radical (unpaired) electrons. The van der Waals surface area contributed by atoms with Gasteiger partial charge in [0.05, 0.1) is 0 Å². The van der Waals surface area contributed by atoms with E-state index in [1.54, 1.807) is 0 Å². The zero-order valence-corrected chi connectivity index (χ0v) is 9.83. The van der Waals surface area contributed by atoms with E-state index in [0.717, 1.165) is 12.1 Å². The van der Waals surface area contributed by atoms with Crippen molar-refractivity contribution in [2.24, 2.45) is 5.73 Å². The van der Waals surface area contributed by atoms with E-state index in [0.29, 0.717) is 6.42 Å². The molecule has 0 bridgehead atoms. The van der Waals surface area contributed by atoms with Crippen molar-refractivity contribution < 1.29 is 4.79 Å². The lowest BCUT2D eigenvalue weighted by atomic mass is 10.2. The first kappa shape index (κ1) is 14.1. The van der Waals surface area contributed by atoms with Gasteiger partial charge in [-0.1, -0.05) is 43.7 Å². The van der Waals surface area contributed by atoms with E-state index in [1.807, 2.05) is 30.3 Å². The molecule has 0 heterocycles. The van der Waals surface area contributed by atoms with Gasteiger partial charge in [-0.3, -0.25) is 4.79 Å². The van der Waals surface area contributed by atoms with Crippen molar-refractivity contribution in [2.45, 2.75) is 26.2 Å². The zero-order chi connectivity index (χ0) is 11.5. The van der Waals surface area contributed by atoms with E-state index >= 15 is 0 Å². The first-order valence-corrected chi connectivity index (χ1v) is 5.50. The minimum absolute atomic E-state index is 0.314.